The highest BCUT2D eigenvalue weighted by atomic mass is 35.5. The van der Waals surface area contributed by atoms with E-state index in [-0.39, 0.29) is 53.3 Å². The fourth-order valence-corrected chi connectivity index (χ4v) is 5.84. The molecule has 1 aliphatic heterocycles. The normalized spacial score (nSPS) is 30.0. The Hall–Kier alpha value is -2.81. The molecular formula is C27H32ClNO11. The molecule has 1 saturated heterocycles. The lowest BCUT2D eigenvalue weighted by atomic mass is 9.71. The van der Waals surface area contributed by atoms with Crippen LogP contribution in [0, 0.1) is 0 Å². The quantitative estimate of drug-likeness (QED) is 0.202. The Morgan fingerprint density at radius 2 is 1.82 bits per heavy atom. The third-order valence-corrected chi connectivity index (χ3v) is 7.97. The minimum absolute atomic E-state index is 0. The number of carbonyl (C=O) groups excluding carboxylic acids is 2. The van der Waals surface area contributed by atoms with Gasteiger partial charge < -0.3 is 50.6 Å². The maximum absolute atomic E-state index is 13.7. The molecule has 0 amide bonds. The number of nitrogens with two attached hydrogens (primary N) is 1. The van der Waals surface area contributed by atoms with Crippen LogP contribution in [-0.2, 0) is 15.9 Å². The van der Waals surface area contributed by atoms with Crippen LogP contribution in [0.2, 0.25) is 0 Å². The molecule has 0 saturated carbocycles. The van der Waals surface area contributed by atoms with E-state index in [1.165, 1.54) is 25.3 Å². The zero-order valence-electron chi connectivity index (χ0n) is 21.7. The predicted molar refractivity (Wildman–Crippen MR) is 140 cm³/mol. The Morgan fingerprint density at radius 1 is 1.15 bits per heavy atom. The van der Waals surface area contributed by atoms with Gasteiger partial charge in [-0.25, -0.2) is 0 Å². The van der Waals surface area contributed by atoms with Gasteiger partial charge in [0.15, 0.2) is 12.1 Å². The molecule has 5 rings (SSSR count). The van der Waals surface area contributed by atoms with Gasteiger partial charge in [-0.2, -0.15) is 0 Å². The van der Waals surface area contributed by atoms with Crippen molar-refractivity contribution >= 4 is 24.0 Å². The first-order valence-corrected chi connectivity index (χ1v) is 12.6. The molecule has 218 valence electrons. The zero-order chi connectivity index (χ0) is 28.4. The fraction of sp³-hybridized carbons (Fsp3) is 0.481. The van der Waals surface area contributed by atoms with E-state index in [1.54, 1.807) is 6.92 Å². The van der Waals surface area contributed by atoms with Crippen LogP contribution in [0.4, 0.5) is 0 Å². The molecule has 0 bridgehead atoms. The van der Waals surface area contributed by atoms with Crippen LogP contribution in [0.1, 0.15) is 68.8 Å². The molecule has 8 N–H and O–H groups in total. The molecular weight excluding hydrogens is 550 g/mol. The lowest BCUT2D eigenvalue weighted by Crippen LogP contribution is -2.53. The number of halogens is 1. The molecule has 1 fully saturated rings. The van der Waals surface area contributed by atoms with E-state index < -0.39 is 89.6 Å². The summed E-state index contributed by atoms with van der Waals surface area (Å²) in [5.74, 6) is -2.68. The van der Waals surface area contributed by atoms with Gasteiger partial charge in [-0.15, -0.1) is 12.4 Å². The number of aliphatic hydroxyl groups excluding tert-OH is 3. The highest BCUT2D eigenvalue weighted by molar-refractivity contribution is 6.31. The van der Waals surface area contributed by atoms with Crippen molar-refractivity contribution < 1.29 is 54.4 Å². The summed E-state index contributed by atoms with van der Waals surface area (Å²) < 4.78 is 17.1. The molecule has 13 heteroatoms. The molecule has 1 unspecified atom stereocenters. The number of rotatable bonds is 5. The summed E-state index contributed by atoms with van der Waals surface area (Å²) in [6, 6.07) is 3.69. The van der Waals surface area contributed by atoms with Crippen molar-refractivity contribution in [1.29, 1.82) is 0 Å². The van der Waals surface area contributed by atoms with Gasteiger partial charge in [-0.05, 0) is 13.0 Å². The van der Waals surface area contributed by atoms with Gasteiger partial charge in [-0.1, -0.05) is 12.1 Å². The van der Waals surface area contributed by atoms with Crippen molar-refractivity contribution in [3.8, 4) is 17.2 Å². The van der Waals surface area contributed by atoms with E-state index in [9.17, 15) is 40.2 Å². The molecule has 2 aromatic carbocycles. The SMILES string of the molecule is COc1cccc2c1C(=O)c1c(O)c3c(c(O)c1C2=O)C[C@@](O)(C(O)CO)C[C@@H]3O[C@@H]1C[C@H](N)[C@@H](O)[C@H](C)O1.Cl. The van der Waals surface area contributed by atoms with Gasteiger partial charge in [0.25, 0.3) is 0 Å². The van der Waals surface area contributed by atoms with Gasteiger partial charge in [0.05, 0.1) is 54.3 Å². The third-order valence-electron chi connectivity index (χ3n) is 7.97. The number of carbonyl (C=O) groups is 2. The van der Waals surface area contributed by atoms with Crippen molar-refractivity contribution in [2.75, 3.05) is 13.7 Å². The average molecular weight is 582 g/mol. The first kappa shape index (κ1) is 30.2. The fourth-order valence-electron chi connectivity index (χ4n) is 5.84. The first-order valence-electron chi connectivity index (χ1n) is 12.6. The minimum Gasteiger partial charge on any atom is -0.507 e. The summed E-state index contributed by atoms with van der Waals surface area (Å²) in [6.07, 6.45) is -6.45. The number of phenolic OH excluding ortho intramolecular Hbond substituents is 2. The smallest absolute Gasteiger partial charge is 0.202 e. The highest BCUT2D eigenvalue weighted by Gasteiger charge is 2.50. The molecule has 0 aromatic heterocycles. The summed E-state index contributed by atoms with van der Waals surface area (Å²) in [6.45, 7) is 0.768. The topological polar surface area (TPSA) is 209 Å². The predicted octanol–water partition coefficient (Wildman–Crippen LogP) is 0.215. The van der Waals surface area contributed by atoms with Crippen molar-refractivity contribution in [3.63, 3.8) is 0 Å². The standard InChI is InChI=1S/C27H31NO11.ClH/c1-10-22(31)13(28)6-17(38-10)39-15-8-27(36,16(30)9-29)7-12-19(15)26(35)21-20(24(12)33)23(32)11-4-3-5-14(37-2)18(11)25(21)34;/h3-5,10,13,15-17,22,29-31,33,35-36H,6-9,28H2,1-2H3;1H/t10-,13-,15-,16?,17+,22-,27-;/m0./s1. The van der Waals surface area contributed by atoms with Crippen molar-refractivity contribution in [2.45, 2.75) is 68.5 Å². The molecule has 0 radical (unpaired) electrons. The van der Waals surface area contributed by atoms with Crippen LogP contribution in [0.15, 0.2) is 18.2 Å². The van der Waals surface area contributed by atoms with Crippen LogP contribution in [-0.4, -0.2) is 92.2 Å². The van der Waals surface area contributed by atoms with E-state index in [0.717, 1.165) is 0 Å². The second-order valence-corrected chi connectivity index (χ2v) is 10.3. The van der Waals surface area contributed by atoms with Gasteiger partial charge in [0.1, 0.15) is 23.4 Å². The third kappa shape index (κ3) is 4.54. The molecule has 7 atom stereocenters. The monoisotopic (exact) mass is 581 g/mol. The molecule has 1 heterocycles. The number of phenols is 2. The van der Waals surface area contributed by atoms with Crippen molar-refractivity contribution in [2.24, 2.45) is 5.73 Å². The molecule has 12 nitrogen and oxygen atoms in total. The molecule has 40 heavy (non-hydrogen) atoms. The van der Waals surface area contributed by atoms with Crippen LogP contribution in [0.5, 0.6) is 17.2 Å². The van der Waals surface area contributed by atoms with Gasteiger partial charge >= 0.3 is 0 Å². The van der Waals surface area contributed by atoms with Crippen LogP contribution < -0.4 is 10.5 Å². The second-order valence-electron chi connectivity index (χ2n) is 10.3. The Balaban J connectivity index is 0.00000370. The average Bonchev–Trinajstić information content (AvgIpc) is 2.90. The Bertz CT molecular complexity index is 1340. The van der Waals surface area contributed by atoms with E-state index in [2.05, 4.69) is 0 Å². The Kier molecular flexibility index (Phi) is 8.20. The van der Waals surface area contributed by atoms with Crippen molar-refractivity contribution in [1.82, 2.24) is 0 Å². The van der Waals surface area contributed by atoms with Crippen LogP contribution in [0.3, 0.4) is 0 Å². The summed E-state index contributed by atoms with van der Waals surface area (Å²) >= 11 is 0. The highest BCUT2D eigenvalue weighted by Crippen LogP contribution is 2.52. The molecule has 2 aliphatic carbocycles. The Labute approximate surface area is 235 Å². The number of methoxy groups -OCH3 is 1. The number of ketones is 2. The molecule has 2 aromatic rings. The maximum Gasteiger partial charge on any atom is 0.202 e. The summed E-state index contributed by atoms with van der Waals surface area (Å²) in [5, 5.41) is 64.4. The van der Waals surface area contributed by atoms with Gasteiger partial charge in [0, 0.05) is 42.0 Å². The van der Waals surface area contributed by atoms with E-state index >= 15 is 0 Å². The van der Waals surface area contributed by atoms with Crippen molar-refractivity contribution in [3.05, 3.63) is 51.6 Å². The van der Waals surface area contributed by atoms with E-state index in [4.69, 9.17) is 19.9 Å². The van der Waals surface area contributed by atoms with Gasteiger partial charge in [0.2, 0.25) is 5.78 Å². The minimum atomic E-state index is -2.05. The molecule has 3 aliphatic rings. The number of hydrogen-bond acceptors (Lipinski definition) is 12. The van der Waals surface area contributed by atoms with Crippen LogP contribution in [0.25, 0.3) is 0 Å². The van der Waals surface area contributed by atoms with Gasteiger partial charge in [-0.3, -0.25) is 9.59 Å². The lowest BCUT2D eigenvalue weighted by molar-refractivity contribution is -0.251. The molecule has 0 spiro atoms. The first-order chi connectivity index (χ1) is 18.4. The summed E-state index contributed by atoms with van der Waals surface area (Å²) in [5.41, 5.74) is 2.77. The second kappa shape index (κ2) is 10.9. The number of ether oxygens (including phenoxy) is 3. The Morgan fingerprint density at radius 3 is 2.45 bits per heavy atom. The number of hydrogen-bond donors (Lipinski definition) is 7. The number of aromatic hydroxyl groups is 2. The zero-order valence-corrected chi connectivity index (χ0v) is 22.6. The number of fused-ring (bicyclic) bond motifs is 3. The van der Waals surface area contributed by atoms with E-state index in [0.29, 0.717) is 0 Å². The maximum atomic E-state index is 13.7. The summed E-state index contributed by atoms with van der Waals surface area (Å²) in [7, 11) is 1.33. The van der Waals surface area contributed by atoms with E-state index in [1.807, 2.05) is 0 Å². The summed E-state index contributed by atoms with van der Waals surface area (Å²) in [4.78, 5) is 27.2. The number of aliphatic hydroxyl groups is 4. The van der Waals surface area contributed by atoms with Crippen LogP contribution >= 0.6 is 12.4 Å². The lowest BCUT2D eigenvalue weighted by Gasteiger charge is -2.44. The number of benzene rings is 2. The largest absolute Gasteiger partial charge is 0.507 e.